The van der Waals surface area contributed by atoms with Crippen LogP contribution in [0.2, 0.25) is 0 Å². The lowest BCUT2D eigenvalue weighted by Crippen LogP contribution is -2.10. The zero-order valence-corrected chi connectivity index (χ0v) is 10.4. The van der Waals surface area contributed by atoms with Gasteiger partial charge in [-0.1, -0.05) is 13.0 Å². The minimum Gasteiger partial charge on any atom is -0.395 e. The molecule has 2 aromatic heterocycles. The van der Waals surface area contributed by atoms with Gasteiger partial charge in [-0.05, 0) is 0 Å². The van der Waals surface area contributed by atoms with Gasteiger partial charge in [-0.15, -0.1) is 6.58 Å². The van der Waals surface area contributed by atoms with E-state index in [4.69, 9.17) is 5.11 Å². The summed E-state index contributed by atoms with van der Waals surface area (Å²) in [7, 11) is 0. The quantitative estimate of drug-likeness (QED) is 0.744. The minimum absolute atomic E-state index is 0.0573. The Balaban J connectivity index is 2.56. The number of aliphatic hydroxyl groups excluding tert-OH is 1. The van der Waals surface area contributed by atoms with E-state index in [2.05, 4.69) is 33.8 Å². The van der Waals surface area contributed by atoms with Gasteiger partial charge in [-0.3, -0.25) is 0 Å². The first kappa shape index (κ1) is 12.5. The number of allylic oxidation sites excluding steroid dienone is 1. The van der Waals surface area contributed by atoms with Crippen molar-refractivity contribution in [3.63, 3.8) is 0 Å². The van der Waals surface area contributed by atoms with E-state index in [9.17, 15) is 0 Å². The van der Waals surface area contributed by atoms with Gasteiger partial charge in [0.2, 0.25) is 0 Å². The van der Waals surface area contributed by atoms with Crippen molar-refractivity contribution in [1.82, 2.24) is 19.5 Å². The number of hydrogen-bond acceptors (Lipinski definition) is 5. The van der Waals surface area contributed by atoms with E-state index in [1.807, 2.05) is 10.6 Å². The van der Waals surface area contributed by atoms with Crippen molar-refractivity contribution >= 4 is 17.0 Å². The molecule has 0 bridgehead atoms. The summed E-state index contributed by atoms with van der Waals surface area (Å²) >= 11 is 0. The lowest BCUT2D eigenvalue weighted by molar-refractivity contribution is 0.311. The van der Waals surface area contributed by atoms with E-state index in [-0.39, 0.29) is 6.61 Å². The highest BCUT2D eigenvalue weighted by Crippen LogP contribution is 2.21. The smallest absolute Gasteiger partial charge is 0.183 e. The summed E-state index contributed by atoms with van der Waals surface area (Å²) in [6.07, 6.45) is 4.12. The number of anilines is 1. The van der Waals surface area contributed by atoms with Gasteiger partial charge in [0.05, 0.1) is 6.61 Å². The largest absolute Gasteiger partial charge is 0.395 e. The van der Waals surface area contributed by atoms with Gasteiger partial charge in [0.15, 0.2) is 11.5 Å². The molecule has 0 spiro atoms. The highest BCUT2D eigenvalue weighted by Gasteiger charge is 2.13. The Morgan fingerprint density at radius 1 is 1.50 bits per heavy atom. The molecule has 0 aliphatic carbocycles. The molecule has 0 aromatic carbocycles. The predicted octanol–water partition coefficient (Wildman–Crippen LogP) is 0.979. The molecule has 0 fully saturated rings. The Labute approximate surface area is 105 Å². The van der Waals surface area contributed by atoms with Crippen molar-refractivity contribution in [1.29, 1.82) is 0 Å². The average Bonchev–Trinajstić information content (AvgIpc) is 2.75. The standard InChI is InChI=1S/C12H17N5O/c1-3-6-17-9(4-2)16-12-10(17)11(13-5-7-18)14-8-15-12/h3,8,18H,1,4-7H2,2H3,(H,13,14,15). The molecule has 0 atom stereocenters. The van der Waals surface area contributed by atoms with Gasteiger partial charge < -0.3 is 15.0 Å². The van der Waals surface area contributed by atoms with Crippen molar-refractivity contribution in [3.8, 4) is 0 Å². The second-order valence-electron chi connectivity index (χ2n) is 3.83. The number of aromatic nitrogens is 4. The van der Waals surface area contributed by atoms with Crippen molar-refractivity contribution in [2.75, 3.05) is 18.5 Å². The monoisotopic (exact) mass is 247 g/mol. The number of rotatable bonds is 6. The number of aliphatic hydroxyl groups is 1. The number of nitrogens with zero attached hydrogens (tertiary/aromatic N) is 4. The summed E-state index contributed by atoms with van der Waals surface area (Å²) in [6.45, 7) is 6.99. The first-order valence-electron chi connectivity index (χ1n) is 5.97. The maximum atomic E-state index is 8.88. The first-order chi connectivity index (χ1) is 8.81. The fraction of sp³-hybridized carbons (Fsp3) is 0.417. The molecule has 0 amide bonds. The molecule has 2 N–H and O–H groups in total. The van der Waals surface area contributed by atoms with E-state index in [0.717, 1.165) is 17.8 Å². The molecule has 0 unspecified atom stereocenters. The first-order valence-corrected chi connectivity index (χ1v) is 5.97. The molecular formula is C12H17N5O. The van der Waals surface area contributed by atoms with Crippen LogP contribution in [0.5, 0.6) is 0 Å². The number of hydrogen-bond donors (Lipinski definition) is 2. The summed E-state index contributed by atoms with van der Waals surface area (Å²) in [5, 5.41) is 12.0. The Kier molecular flexibility index (Phi) is 3.88. The van der Waals surface area contributed by atoms with Crippen LogP contribution in [0.4, 0.5) is 5.82 Å². The van der Waals surface area contributed by atoms with Crippen molar-refractivity contribution in [2.45, 2.75) is 19.9 Å². The van der Waals surface area contributed by atoms with Crippen LogP contribution in [0.15, 0.2) is 19.0 Å². The van der Waals surface area contributed by atoms with Crippen LogP contribution in [0.1, 0.15) is 12.7 Å². The van der Waals surface area contributed by atoms with Crippen LogP contribution in [0.25, 0.3) is 11.2 Å². The normalized spacial score (nSPS) is 10.8. The van der Waals surface area contributed by atoms with E-state index in [1.165, 1.54) is 6.33 Å². The van der Waals surface area contributed by atoms with Gasteiger partial charge in [-0.25, -0.2) is 15.0 Å². The summed E-state index contributed by atoms with van der Waals surface area (Å²) in [4.78, 5) is 12.9. The second-order valence-corrected chi connectivity index (χ2v) is 3.83. The maximum absolute atomic E-state index is 8.88. The van der Waals surface area contributed by atoms with E-state index < -0.39 is 0 Å². The van der Waals surface area contributed by atoms with Crippen LogP contribution >= 0.6 is 0 Å². The molecule has 2 aromatic rings. The van der Waals surface area contributed by atoms with Crippen LogP contribution in [0, 0.1) is 0 Å². The Bertz CT molecular complexity index is 549. The molecule has 6 nitrogen and oxygen atoms in total. The summed E-state index contributed by atoms with van der Waals surface area (Å²) < 4.78 is 2.04. The van der Waals surface area contributed by atoms with Gasteiger partial charge in [0.25, 0.3) is 0 Å². The van der Waals surface area contributed by atoms with Gasteiger partial charge in [0, 0.05) is 19.5 Å². The molecule has 2 rings (SSSR count). The second kappa shape index (κ2) is 5.59. The third kappa shape index (κ3) is 2.19. The fourth-order valence-corrected chi connectivity index (χ4v) is 1.91. The predicted molar refractivity (Wildman–Crippen MR) is 70.5 cm³/mol. The maximum Gasteiger partial charge on any atom is 0.183 e. The third-order valence-corrected chi connectivity index (χ3v) is 2.65. The van der Waals surface area contributed by atoms with Gasteiger partial charge in [-0.2, -0.15) is 0 Å². The highest BCUT2D eigenvalue weighted by atomic mass is 16.3. The summed E-state index contributed by atoms with van der Waals surface area (Å²) in [6, 6.07) is 0. The van der Waals surface area contributed by atoms with Crippen molar-refractivity contribution in [2.24, 2.45) is 0 Å². The fourth-order valence-electron chi connectivity index (χ4n) is 1.91. The third-order valence-electron chi connectivity index (χ3n) is 2.65. The number of aryl methyl sites for hydroxylation is 1. The molecular weight excluding hydrogens is 230 g/mol. The molecule has 18 heavy (non-hydrogen) atoms. The number of fused-ring (bicyclic) bond motifs is 1. The highest BCUT2D eigenvalue weighted by molar-refractivity contribution is 5.83. The molecule has 0 saturated heterocycles. The summed E-state index contributed by atoms with van der Waals surface area (Å²) in [5.74, 6) is 1.65. The zero-order valence-electron chi connectivity index (χ0n) is 10.4. The van der Waals surface area contributed by atoms with Crippen LogP contribution in [-0.2, 0) is 13.0 Å². The average molecular weight is 247 g/mol. The van der Waals surface area contributed by atoms with E-state index in [1.54, 1.807) is 0 Å². The molecule has 6 heteroatoms. The topological polar surface area (TPSA) is 75.9 Å². The van der Waals surface area contributed by atoms with E-state index >= 15 is 0 Å². The van der Waals surface area contributed by atoms with Crippen LogP contribution in [0.3, 0.4) is 0 Å². The number of imidazole rings is 1. The van der Waals surface area contributed by atoms with E-state index in [0.29, 0.717) is 24.6 Å². The van der Waals surface area contributed by atoms with Gasteiger partial charge >= 0.3 is 0 Å². The molecule has 2 heterocycles. The molecule has 0 radical (unpaired) electrons. The molecule has 0 saturated carbocycles. The van der Waals surface area contributed by atoms with Crippen molar-refractivity contribution in [3.05, 3.63) is 24.8 Å². The zero-order chi connectivity index (χ0) is 13.0. The number of nitrogens with one attached hydrogen (secondary N) is 1. The SMILES string of the molecule is C=CCn1c(CC)nc2ncnc(NCCO)c21. The Morgan fingerprint density at radius 3 is 3.00 bits per heavy atom. The van der Waals surface area contributed by atoms with Crippen LogP contribution in [-0.4, -0.2) is 37.8 Å². The van der Waals surface area contributed by atoms with Gasteiger partial charge in [0.1, 0.15) is 17.7 Å². The lowest BCUT2D eigenvalue weighted by Gasteiger charge is -2.08. The molecule has 96 valence electrons. The Hall–Kier alpha value is -1.95. The van der Waals surface area contributed by atoms with Crippen molar-refractivity contribution < 1.29 is 5.11 Å². The Morgan fingerprint density at radius 2 is 2.33 bits per heavy atom. The summed E-state index contributed by atoms with van der Waals surface area (Å²) in [5.41, 5.74) is 1.53. The molecule has 0 aliphatic rings. The molecule has 0 aliphatic heterocycles. The lowest BCUT2D eigenvalue weighted by atomic mass is 10.4. The van der Waals surface area contributed by atoms with Crippen LogP contribution < -0.4 is 5.32 Å². The minimum atomic E-state index is 0.0573.